The lowest BCUT2D eigenvalue weighted by Gasteiger charge is -2.31. The van der Waals surface area contributed by atoms with Gasteiger partial charge in [0.1, 0.15) is 11.6 Å². The molecule has 0 spiro atoms. The molecule has 1 heterocycles. The van der Waals surface area contributed by atoms with Crippen LogP contribution in [0.5, 0.6) is 5.75 Å². The van der Waals surface area contributed by atoms with Gasteiger partial charge in [0.15, 0.2) is 5.17 Å². The molecule has 2 N–H and O–H groups in total. The molecule has 0 saturated carbocycles. The second kappa shape index (κ2) is 8.22. The maximum Gasteiger partial charge on any atom is 0.231 e. The molecule has 1 atom stereocenters. The quantitative estimate of drug-likeness (QED) is 0.855. The number of methoxy groups -OCH3 is 1. The number of benzene rings is 2. The van der Waals surface area contributed by atoms with Gasteiger partial charge in [-0.2, -0.15) is 0 Å². The van der Waals surface area contributed by atoms with Gasteiger partial charge in [0, 0.05) is 6.42 Å². The minimum Gasteiger partial charge on any atom is -0.497 e. The van der Waals surface area contributed by atoms with E-state index in [2.05, 4.69) is 4.99 Å². The number of nitrogens with two attached hydrogens (primary N) is 1. The molecule has 2 aromatic carbocycles. The van der Waals surface area contributed by atoms with Crippen molar-refractivity contribution in [1.29, 1.82) is 0 Å². The van der Waals surface area contributed by atoms with Gasteiger partial charge in [0.25, 0.3) is 0 Å². The lowest BCUT2D eigenvalue weighted by molar-refractivity contribution is -0.130. The Hall–Kier alpha value is -2.87. The van der Waals surface area contributed by atoms with Crippen molar-refractivity contribution in [3.8, 4) is 5.75 Å². The monoisotopic (exact) mass is 387 g/mol. The van der Waals surface area contributed by atoms with Crippen LogP contribution in [0.25, 0.3) is 0 Å². The molecule has 1 aliphatic rings. The molecule has 27 heavy (non-hydrogen) atoms. The third kappa shape index (κ3) is 4.65. The smallest absolute Gasteiger partial charge is 0.231 e. The molecule has 0 bridgehead atoms. The zero-order valence-corrected chi connectivity index (χ0v) is 15.4. The van der Waals surface area contributed by atoms with E-state index < -0.39 is 11.2 Å². The predicted molar refractivity (Wildman–Crippen MR) is 102 cm³/mol. The summed E-state index contributed by atoms with van der Waals surface area (Å²) < 4.78 is 18.3. The molecular weight excluding hydrogens is 369 g/mol. The average molecular weight is 387 g/mol. The molecule has 2 aromatic rings. The minimum absolute atomic E-state index is 0.00280. The zero-order valence-electron chi connectivity index (χ0n) is 14.6. The van der Waals surface area contributed by atoms with Crippen molar-refractivity contribution in [2.75, 3.05) is 7.11 Å². The number of carbonyl (C=O) groups is 2. The largest absolute Gasteiger partial charge is 0.497 e. The number of amides is 2. The summed E-state index contributed by atoms with van der Waals surface area (Å²) in [5, 5.41) is -0.288. The highest BCUT2D eigenvalue weighted by molar-refractivity contribution is 8.15. The molecule has 3 rings (SSSR count). The first-order chi connectivity index (χ1) is 13.0. The van der Waals surface area contributed by atoms with Crippen LogP contribution in [-0.4, -0.2) is 34.2 Å². The van der Waals surface area contributed by atoms with Gasteiger partial charge in [-0.05, 0) is 42.0 Å². The molecule has 8 heteroatoms. The Bertz CT molecular complexity index is 869. The van der Waals surface area contributed by atoms with E-state index in [-0.39, 0.29) is 24.7 Å². The van der Waals surface area contributed by atoms with Gasteiger partial charge in [0.05, 0.1) is 24.6 Å². The van der Waals surface area contributed by atoms with Crippen LogP contribution in [0.4, 0.5) is 10.1 Å². The van der Waals surface area contributed by atoms with E-state index in [1.807, 2.05) is 0 Å². The Balaban J connectivity index is 1.91. The van der Waals surface area contributed by atoms with E-state index in [0.29, 0.717) is 16.6 Å². The second-order valence-electron chi connectivity index (χ2n) is 5.91. The normalized spacial score (nSPS) is 18.6. The fourth-order valence-corrected chi connectivity index (χ4v) is 3.60. The van der Waals surface area contributed by atoms with E-state index in [9.17, 15) is 14.0 Å². The molecule has 0 radical (unpaired) electrons. The maximum atomic E-state index is 13.1. The number of hydrogen-bond acceptors (Lipinski definition) is 5. The van der Waals surface area contributed by atoms with E-state index in [0.717, 1.165) is 17.3 Å². The van der Waals surface area contributed by atoms with Crippen molar-refractivity contribution >= 4 is 34.4 Å². The molecule has 0 aliphatic carbocycles. The van der Waals surface area contributed by atoms with Crippen LogP contribution in [0.3, 0.4) is 0 Å². The van der Waals surface area contributed by atoms with Crippen LogP contribution < -0.4 is 10.5 Å². The third-order valence-electron chi connectivity index (χ3n) is 4.01. The number of halogens is 1. The number of hydrogen-bond donors (Lipinski definition) is 1. The topological polar surface area (TPSA) is 85.0 Å². The number of thioether (sulfide) groups is 1. The Morgan fingerprint density at radius 1 is 1.26 bits per heavy atom. The summed E-state index contributed by atoms with van der Waals surface area (Å²) >= 11 is 1.15. The summed E-state index contributed by atoms with van der Waals surface area (Å²) in [5.41, 5.74) is 6.76. The first kappa shape index (κ1) is 18.9. The Kier molecular flexibility index (Phi) is 5.75. The van der Waals surface area contributed by atoms with Crippen LogP contribution in [0, 0.1) is 5.82 Å². The van der Waals surface area contributed by atoms with Gasteiger partial charge < -0.3 is 10.5 Å². The van der Waals surface area contributed by atoms with E-state index in [1.54, 1.807) is 43.5 Å². The highest BCUT2D eigenvalue weighted by Gasteiger charge is 2.34. The lowest BCUT2D eigenvalue weighted by Crippen LogP contribution is -2.45. The standard InChI is InChI=1S/C19H18FN3O3S/c1-26-15-8-6-14(7-9-15)22-19-23(11-12-2-4-13(20)5-3-12)17(24)10-16(27-19)18(21)25/h2-9,16H,10-11H2,1H3,(H2,21,25)/t16-/m0/s1. The third-order valence-corrected chi connectivity index (χ3v) is 5.21. The number of carbonyl (C=O) groups excluding carboxylic acids is 2. The highest BCUT2D eigenvalue weighted by atomic mass is 32.2. The van der Waals surface area contributed by atoms with Crippen molar-refractivity contribution in [3.05, 3.63) is 59.9 Å². The molecule has 0 unspecified atom stereocenters. The summed E-state index contributed by atoms with van der Waals surface area (Å²) in [6, 6.07) is 12.9. The van der Waals surface area contributed by atoms with Crippen LogP contribution >= 0.6 is 11.8 Å². The second-order valence-corrected chi connectivity index (χ2v) is 7.08. The number of nitrogens with zero attached hydrogens (tertiary/aromatic N) is 2. The molecule has 2 amide bonds. The molecule has 140 valence electrons. The predicted octanol–water partition coefficient (Wildman–Crippen LogP) is 2.84. The van der Waals surface area contributed by atoms with Crippen molar-refractivity contribution in [2.24, 2.45) is 10.7 Å². The van der Waals surface area contributed by atoms with E-state index in [1.165, 1.54) is 17.0 Å². The summed E-state index contributed by atoms with van der Waals surface area (Å²) in [6.07, 6.45) is 0.00280. The van der Waals surface area contributed by atoms with Gasteiger partial charge in [0.2, 0.25) is 11.8 Å². The van der Waals surface area contributed by atoms with Crippen LogP contribution in [-0.2, 0) is 16.1 Å². The van der Waals surface area contributed by atoms with Crippen molar-refractivity contribution < 1.29 is 18.7 Å². The zero-order chi connectivity index (χ0) is 19.4. The van der Waals surface area contributed by atoms with E-state index in [4.69, 9.17) is 10.5 Å². The fourth-order valence-electron chi connectivity index (χ4n) is 2.55. The van der Waals surface area contributed by atoms with E-state index >= 15 is 0 Å². The molecule has 0 aromatic heterocycles. The van der Waals surface area contributed by atoms with Gasteiger partial charge in [-0.3, -0.25) is 14.5 Å². The van der Waals surface area contributed by atoms with Crippen molar-refractivity contribution in [1.82, 2.24) is 4.90 Å². The highest BCUT2D eigenvalue weighted by Crippen LogP contribution is 2.30. The number of ether oxygens (including phenoxy) is 1. The summed E-state index contributed by atoms with van der Waals surface area (Å²) in [6.45, 7) is 0.229. The number of aliphatic imine (C=N–C) groups is 1. The Labute approximate surface area is 160 Å². The molecule has 1 fully saturated rings. The fraction of sp³-hybridized carbons (Fsp3) is 0.211. The molecular formula is C19H18FN3O3S. The van der Waals surface area contributed by atoms with Gasteiger partial charge in [-0.1, -0.05) is 23.9 Å². The molecule has 6 nitrogen and oxygen atoms in total. The summed E-state index contributed by atoms with van der Waals surface area (Å²) in [7, 11) is 1.57. The van der Waals surface area contributed by atoms with Crippen molar-refractivity contribution in [2.45, 2.75) is 18.2 Å². The first-order valence-electron chi connectivity index (χ1n) is 8.20. The van der Waals surface area contributed by atoms with Gasteiger partial charge >= 0.3 is 0 Å². The van der Waals surface area contributed by atoms with Crippen LogP contribution in [0.15, 0.2) is 53.5 Å². The SMILES string of the molecule is COc1ccc(N=C2S[C@H](C(N)=O)CC(=O)N2Cc2ccc(F)cc2)cc1. The Morgan fingerprint density at radius 3 is 2.52 bits per heavy atom. The van der Waals surface area contributed by atoms with Crippen LogP contribution in [0.1, 0.15) is 12.0 Å². The number of amidine groups is 1. The lowest BCUT2D eigenvalue weighted by atomic mass is 10.2. The number of primary amides is 1. The number of rotatable bonds is 5. The average Bonchev–Trinajstić information content (AvgIpc) is 2.66. The minimum atomic E-state index is -0.668. The van der Waals surface area contributed by atoms with Crippen molar-refractivity contribution in [3.63, 3.8) is 0 Å². The Morgan fingerprint density at radius 2 is 1.93 bits per heavy atom. The maximum absolute atomic E-state index is 13.1. The molecule has 1 aliphatic heterocycles. The first-order valence-corrected chi connectivity index (χ1v) is 9.08. The van der Waals surface area contributed by atoms with Crippen LogP contribution in [0.2, 0.25) is 0 Å². The van der Waals surface area contributed by atoms with Gasteiger partial charge in [-0.25, -0.2) is 9.38 Å². The van der Waals surface area contributed by atoms with Gasteiger partial charge in [-0.15, -0.1) is 0 Å². The summed E-state index contributed by atoms with van der Waals surface area (Å²) in [4.78, 5) is 30.2. The summed E-state index contributed by atoms with van der Waals surface area (Å²) in [5.74, 6) is -0.477. The molecule has 1 saturated heterocycles.